The second kappa shape index (κ2) is 10.2. The molecule has 0 saturated carbocycles. The monoisotopic (exact) mass is 372 g/mol. The Morgan fingerprint density at radius 1 is 1.22 bits per heavy atom. The summed E-state index contributed by atoms with van der Waals surface area (Å²) < 4.78 is 1.59. The van der Waals surface area contributed by atoms with Crippen molar-refractivity contribution in [3.63, 3.8) is 0 Å². The van der Waals surface area contributed by atoms with E-state index in [2.05, 4.69) is 42.9 Å². The van der Waals surface area contributed by atoms with Crippen LogP contribution in [0.4, 0.5) is 0 Å². The van der Waals surface area contributed by atoms with Gasteiger partial charge >= 0.3 is 0 Å². The lowest BCUT2D eigenvalue weighted by Gasteiger charge is -2.32. The summed E-state index contributed by atoms with van der Waals surface area (Å²) in [7, 11) is 0. The van der Waals surface area contributed by atoms with E-state index in [4.69, 9.17) is 0 Å². The third-order valence-electron chi connectivity index (χ3n) is 5.09. The van der Waals surface area contributed by atoms with Crippen LogP contribution in [-0.2, 0) is 11.3 Å². The van der Waals surface area contributed by atoms with Gasteiger partial charge in [-0.3, -0.25) is 19.1 Å². The molecule has 148 valence electrons. The zero-order valence-corrected chi connectivity index (χ0v) is 16.9. The Kier molecular flexibility index (Phi) is 7.98. The van der Waals surface area contributed by atoms with Gasteiger partial charge in [0.15, 0.2) is 0 Å². The average molecular weight is 373 g/mol. The number of nitrogens with one attached hydrogen (secondary N) is 1. The number of nitrogens with zero attached hydrogens (tertiary/aromatic N) is 3. The number of hydrogen-bond donors (Lipinski definition) is 1. The number of hydrogen-bond acceptors (Lipinski definition) is 4. The number of fused-ring (bicyclic) bond motifs is 1. The Hall–Kier alpha value is -2.21. The molecule has 1 aromatic heterocycles. The maximum atomic E-state index is 12.5. The van der Waals surface area contributed by atoms with E-state index in [0.717, 1.165) is 13.1 Å². The molecule has 0 fully saturated rings. The topological polar surface area (TPSA) is 67.2 Å². The van der Waals surface area contributed by atoms with Gasteiger partial charge in [-0.25, -0.2) is 4.98 Å². The minimum Gasteiger partial charge on any atom is -0.355 e. The highest BCUT2D eigenvalue weighted by molar-refractivity contribution is 5.77. The molecule has 27 heavy (non-hydrogen) atoms. The quantitative estimate of drug-likeness (QED) is 0.696. The number of carbonyl (C=O) groups excluding carboxylic acids is 1. The first kappa shape index (κ1) is 21.1. The van der Waals surface area contributed by atoms with E-state index in [1.54, 1.807) is 17.0 Å². The summed E-state index contributed by atoms with van der Waals surface area (Å²) in [5.74, 6) is 0.516. The molecule has 1 aromatic carbocycles. The van der Waals surface area contributed by atoms with Crippen molar-refractivity contribution in [3.05, 3.63) is 40.9 Å². The summed E-state index contributed by atoms with van der Waals surface area (Å²) in [6, 6.07) is 7.66. The van der Waals surface area contributed by atoms with Crippen LogP contribution in [0.25, 0.3) is 10.9 Å². The highest BCUT2D eigenvalue weighted by Crippen LogP contribution is 2.10. The molecule has 1 atom stereocenters. The Balaban J connectivity index is 1.85. The summed E-state index contributed by atoms with van der Waals surface area (Å²) in [5.41, 5.74) is 0.648. The summed E-state index contributed by atoms with van der Waals surface area (Å²) in [6.07, 6.45) is 2.59. The lowest BCUT2D eigenvalue weighted by atomic mass is 10.0. The van der Waals surface area contributed by atoms with E-state index in [1.807, 2.05) is 18.2 Å². The lowest BCUT2D eigenvalue weighted by Crippen LogP contribution is -2.46. The van der Waals surface area contributed by atoms with E-state index >= 15 is 0 Å². The molecule has 6 nitrogen and oxygen atoms in total. The first-order valence-electron chi connectivity index (χ1n) is 9.92. The minimum atomic E-state index is -0.0533. The number of para-hydroxylation sites is 1. The van der Waals surface area contributed by atoms with E-state index in [1.165, 1.54) is 0 Å². The fourth-order valence-electron chi connectivity index (χ4n) is 3.46. The van der Waals surface area contributed by atoms with E-state index in [0.29, 0.717) is 48.8 Å². The number of aryl methyl sites for hydroxylation is 1. The Labute approximate surface area is 161 Å². The summed E-state index contributed by atoms with van der Waals surface area (Å²) >= 11 is 0. The third-order valence-corrected chi connectivity index (χ3v) is 5.09. The van der Waals surface area contributed by atoms with Crippen LogP contribution in [0.15, 0.2) is 35.4 Å². The van der Waals surface area contributed by atoms with Gasteiger partial charge in [0.05, 0.1) is 17.2 Å². The molecule has 1 heterocycles. The van der Waals surface area contributed by atoms with E-state index in [9.17, 15) is 9.59 Å². The van der Waals surface area contributed by atoms with Crippen LogP contribution in [0.2, 0.25) is 0 Å². The molecule has 2 rings (SSSR count). The molecular formula is C21H32N4O2. The molecule has 1 amide bonds. The van der Waals surface area contributed by atoms with Crippen molar-refractivity contribution in [2.24, 2.45) is 5.92 Å². The smallest absolute Gasteiger partial charge is 0.261 e. The zero-order valence-electron chi connectivity index (χ0n) is 16.9. The van der Waals surface area contributed by atoms with Crippen molar-refractivity contribution in [1.82, 2.24) is 19.8 Å². The van der Waals surface area contributed by atoms with Gasteiger partial charge in [-0.1, -0.05) is 39.8 Å². The zero-order chi connectivity index (χ0) is 19.8. The predicted octanol–water partition coefficient (Wildman–Crippen LogP) is 2.66. The van der Waals surface area contributed by atoms with Crippen LogP contribution in [-0.4, -0.2) is 46.0 Å². The fraction of sp³-hybridized carbons (Fsp3) is 0.571. The van der Waals surface area contributed by atoms with Crippen molar-refractivity contribution in [2.75, 3.05) is 19.6 Å². The summed E-state index contributed by atoms with van der Waals surface area (Å²) in [4.78, 5) is 31.4. The maximum absolute atomic E-state index is 12.5. The fourth-order valence-corrected chi connectivity index (χ4v) is 3.46. The summed E-state index contributed by atoms with van der Waals surface area (Å²) in [6.45, 7) is 11.8. The second-order valence-corrected chi connectivity index (χ2v) is 7.20. The Morgan fingerprint density at radius 3 is 2.59 bits per heavy atom. The number of aromatic nitrogens is 2. The van der Waals surface area contributed by atoms with Crippen LogP contribution >= 0.6 is 0 Å². The van der Waals surface area contributed by atoms with Gasteiger partial charge in [-0.15, -0.1) is 0 Å². The Bertz CT molecular complexity index is 796. The lowest BCUT2D eigenvalue weighted by molar-refractivity contribution is -0.121. The molecule has 2 aromatic rings. The van der Waals surface area contributed by atoms with Crippen LogP contribution in [0.1, 0.15) is 40.5 Å². The van der Waals surface area contributed by atoms with Crippen LogP contribution in [0.5, 0.6) is 0 Å². The van der Waals surface area contributed by atoms with Crippen molar-refractivity contribution in [2.45, 2.75) is 53.1 Å². The third kappa shape index (κ3) is 5.63. The van der Waals surface area contributed by atoms with Crippen LogP contribution in [0, 0.1) is 5.92 Å². The first-order chi connectivity index (χ1) is 13.0. The molecule has 6 heteroatoms. The van der Waals surface area contributed by atoms with Crippen molar-refractivity contribution in [1.29, 1.82) is 0 Å². The van der Waals surface area contributed by atoms with Crippen molar-refractivity contribution >= 4 is 16.8 Å². The van der Waals surface area contributed by atoms with E-state index < -0.39 is 0 Å². The van der Waals surface area contributed by atoms with Gasteiger partial charge in [0.25, 0.3) is 5.56 Å². The largest absolute Gasteiger partial charge is 0.355 e. The normalized spacial score (nSPS) is 12.7. The molecule has 1 N–H and O–H groups in total. The highest BCUT2D eigenvalue weighted by Gasteiger charge is 2.19. The molecule has 0 aliphatic heterocycles. The SMILES string of the molecule is CCN(CC)[C@@H](CNC(=O)CCCn1cnc2ccccc2c1=O)C(C)C. The van der Waals surface area contributed by atoms with Crippen molar-refractivity contribution in [3.8, 4) is 0 Å². The summed E-state index contributed by atoms with van der Waals surface area (Å²) in [5, 5.41) is 3.67. The molecule has 0 aliphatic carbocycles. The number of rotatable bonds is 10. The first-order valence-corrected chi connectivity index (χ1v) is 9.92. The highest BCUT2D eigenvalue weighted by atomic mass is 16.1. The Morgan fingerprint density at radius 2 is 1.93 bits per heavy atom. The second-order valence-electron chi connectivity index (χ2n) is 7.20. The standard InChI is InChI=1S/C21H32N4O2/c1-5-24(6-2)19(16(3)4)14-22-20(26)12-9-13-25-15-23-18-11-8-7-10-17(18)21(25)27/h7-8,10-11,15-16,19H,5-6,9,12-14H2,1-4H3,(H,22,26)/t19-/m0/s1. The number of carbonyl (C=O) groups is 1. The number of likely N-dealkylation sites (N-methyl/N-ethyl adjacent to an activating group) is 1. The van der Waals surface area contributed by atoms with Gasteiger partial charge in [0, 0.05) is 25.6 Å². The van der Waals surface area contributed by atoms with Gasteiger partial charge in [0.1, 0.15) is 0 Å². The van der Waals surface area contributed by atoms with Crippen LogP contribution < -0.4 is 10.9 Å². The number of benzene rings is 1. The molecule has 0 bridgehead atoms. The molecule has 0 unspecified atom stereocenters. The number of amides is 1. The van der Waals surface area contributed by atoms with Gasteiger partial charge < -0.3 is 5.32 Å². The minimum absolute atomic E-state index is 0.0367. The van der Waals surface area contributed by atoms with Gasteiger partial charge in [-0.05, 0) is 37.6 Å². The maximum Gasteiger partial charge on any atom is 0.261 e. The molecule has 0 saturated heterocycles. The van der Waals surface area contributed by atoms with Gasteiger partial charge in [0.2, 0.25) is 5.91 Å². The van der Waals surface area contributed by atoms with Crippen molar-refractivity contribution < 1.29 is 4.79 Å². The molecule has 0 aliphatic rings. The molecule has 0 spiro atoms. The molecular weight excluding hydrogens is 340 g/mol. The van der Waals surface area contributed by atoms with E-state index in [-0.39, 0.29) is 11.5 Å². The van der Waals surface area contributed by atoms with Gasteiger partial charge in [-0.2, -0.15) is 0 Å². The van der Waals surface area contributed by atoms with Crippen LogP contribution in [0.3, 0.4) is 0 Å². The molecule has 0 radical (unpaired) electrons. The predicted molar refractivity (Wildman–Crippen MR) is 110 cm³/mol. The average Bonchev–Trinajstić information content (AvgIpc) is 2.66.